The molecular formula is C17H16F3NO3S. The number of halogens is 3. The summed E-state index contributed by atoms with van der Waals surface area (Å²) < 4.78 is 48.3. The average molecular weight is 371 g/mol. The molecule has 0 radical (unpaired) electrons. The van der Waals surface area contributed by atoms with Gasteiger partial charge >= 0.3 is 6.18 Å². The van der Waals surface area contributed by atoms with Crippen LogP contribution in [0.3, 0.4) is 0 Å². The van der Waals surface area contributed by atoms with Crippen LogP contribution in [0.25, 0.3) is 0 Å². The van der Waals surface area contributed by atoms with E-state index in [-0.39, 0.29) is 11.7 Å². The summed E-state index contributed by atoms with van der Waals surface area (Å²) >= 11 is 1.02. The number of rotatable bonds is 6. The zero-order valence-electron chi connectivity index (χ0n) is 13.5. The predicted molar refractivity (Wildman–Crippen MR) is 90.3 cm³/mol. The Morgan fingerprint density at radius 1 is 1.12 bits per heavy atom. The lowest BCUT2D eigenvalue weighted by atomic mass is 10.2. The van der Waals surface area contributed by atoms with Crippen molar-refractivity contribution in [1.82, 2.24) is 0 Å². The molecule has 2 aromatic rings. The van der Waals surface area contributed by atoms with Gasteiger partial charge in [0.2, 0.25) is 5.91 Å². The molecule has 1 amide bonds. The van der Waals surface area contributed by atoms with Crippen molar-refractivity contribution in [2.24, 2.45) is 0 Å². The highest BCUT2D eigenvalue weighted by Gasteiger charge is 2.30. The summed E-state index contributed by atoms with van der Waals surface area (Å²) in [6, 6.07) is 9.79. The van der Waals surface area contributed by atoms with Gasteiger partial charge in [-0.3, -0.25) is 4.79 Å². The van der Waals surface area contributed by atoms with E-state index in [2.05, 4.69) is 5.32 Å². The maximum atomic E-state index is 12.7. The Hall–Kier alpha value is -2.35. The van der Waals surface area contributed by atoms with Crippen LogP contribution in [0.4, 0.5) is 18.9 Å². The molecule has 2 aromatic carbocycles. The van der Waals surface area contributed by atoms with Gasteiger partial charge < -0.3 is 14.8 Å². The first-order valence-corrected chi connectivity index (χ1v) is 8.14. The molecule has 0 saturated carbocycles. The fourth-order valence-corrected chi connectivity index (χ4v) is 2.76. The molecule has 0 fully saturated rings. The lowest BCUT2D eigenvalue weighted by Crippen LogP contribution is -2.14. The van der Waals surface area contributed by atoms with Gasteiger partial charge in [-0.2, -0.15) is 13.2 Å². The van der Waals surface area contributed by atoms with Crippen molar-refractivity contribution in [3.8, 4) is 11.5 Å². The van der Waals surface area contributed by atoms with E-state index < -0.39 is 11.7 Å². The first-order chi connectivity index (χ1) is 11.8. The summed E-state index contributed by atoms with van der Waals surface area (Å²) in [7, 11) is 2.96. The molecule has 8 heteroatoms. The third-order valence-corrected chi connectivity index (χ3v) is 4.21. The second kappa shape index (κ2) is 8.15. The number of ether oxygens (including phenoxy) is 2. The Morgan fingerprint density at radius 2 is 1.88 bits per heavy atom. The summed E-state index contributed by atoms with van der Waals surface area (Å²) in [4.78, 5) is 12.4. The minimum absolute atomic E-state index is 0.0400. The molecule has 0 aliphatic rings. The molecule has 0 unspecified atom stereocenters. The van der Waals surface area contributed by atoms with Crippen molar-refractivity contribution in [3.05, 3.63) is 48.0 Å². The van der Waals surface area contributed by atoms with E-state index >= 15 is 0 Å². The Labute approximate surface area is 147 Å². The fraction of sp³-hybridized carbons (Fsp3) is 0.235. The Balaban J connectivity index is 2.02. The normalized spacial score (nSPS) is 11.1. The van der Waals surface area contributed by atoms with Crippen molar-refractivity contribution in [2.45, 2.75) is 11.1 Å². The molecule has 2 rings (SSSR count). The number of hydrogen-bond donors (Lipinski definition) is 1. The Kier molecular flexibility index (Phi) is 6.19. The lowest BCUT2D eigenvalue weighted by Gasteiger charge is -2.12. The zero-order valence-corrected chi connectivity index (χ0v) is 14.3. The fourth-order valence-electron chi connectivity index (χ4n) is 2.01. The van der Waals surface area contributed by atoms with Crippen LogP contribution < -0.4 is 14.8 Å². The summed E-state index contributed by atoms with van der Waals surface area (Å²) in [5, 5.41) is 2.66. The zero-order chi connectivity index (χ0) is 18.4. The number of thioether (sulfide) groups is 1. The van der Waals surface area contributed by atoms with E-state index in [4.69, 9.17) is 9.47 Å². The maximum absolute atomic E-state index is 12.7. The SMILES string of the molecule is COc1ccc(OC)c(NC(=O)CSc2cccc(C(F)(F)F)c2)c1. The van der Waals surface area contributed by atoms with Crippen LogP contribution in [-0.4, -0.2) is 25.9 Å². The topological polar surface area (TPSA) is 47.6 Å². The van der Waals surface area contributed by atoms with Crippen LogP contribution in [0.1, 0.15) is 5.56 Å². The quantitative estimate of drug-likeness (QED) is 0.762. The molecule has 0 heterocycles. The molecule has 0 bridgehead atoms. The van der Waals surface area contributed by atoms with Crippen molar-refractivity contribution < 1.29 is 27.4 Å². The standard InChI is InChI=1S/C17H16F3NO3S/c1-23-12-6-7-15(24-2)14(9-12)21-16(22)10-25-13-5-3-4-11(8-13)17(18,19)20/h3-9H,10H2,1-2H3,(H,21,22). The van der Waals surface area contributed by atoms with Gasteiger partial charge in [0.15, 0.2) is 0 Å². The number of carbonyl (C=O) groups excluding carboxylic acids is 1. The molecule has 25 heavy (non-hydrogen) atoms. The highest BCUT2D eigenvalue weighted by atomic mass is 32.2. The molecule has 0 aliphatic heterocycles. The van der Waals surface area contributed by atoms with Crippen LogP contribution in [0, 0.1) is 0 Å². The third-order valence-electron chi connectivity index (χ3n) is 3.21. The number of carbonyl (C=O) groups is 1. The summed E-state index contributed by atoms with van der Waals surface area (Å²) in [5.41, 5.74) is -0.316. The molecule has 134 valence electrons. The third kappa shape index (κ3) is 5.32. The van der Waals surface area contributed by atoms with Crippen LogP contribution in [0.2, 0.25) is 0 Å². The highest BCUT2D eigenvalue weighted by Crippen LogP contribution is 2.32. The van der Waals surface area contributed by atoms with Crippen molar-refractivity contribution in [2.75, 3.05) is 25.3 Å². The van der Waals surface area contributed by atoms with Gasteiger partial charge in [-0.25, -0.2) is 0 Å². The molecule has 0 saturated heterocycles. The Bertz CT molecular complexity index is 750. The lowest BCUT2D eigenvalue weighted by molar-refractivity contribution is -0.137. The number of methoxy groups -OCH3 is 2. The van der Waals surface area contributed by atoms with Crippen molar-refractivity contribution in [3.63, 3.8) is 0 Å². The monoisotopic (exact) mass is 371 g/mol. The van der Waals surface area contributed by atoms with E-state index in [1.807, 2.05) is 0 Å². The molecule has 0 atom stereocenters. The smallest absolute Gasteiger partial charge is 0.416 e. The highest BCUT2D eigenvalue weighted by molar-refractivity contribution is 8.00. The molecule has 0 aromatic heterocycles. The van der Waals surface area contributed by atoms with E-state index in [9.17, 15) is 18.0 Å². The average Bonchev–Trinajstić information content (AvgIpc) is 2.59. The van der Waals surface area contributed by atoms with E-state index in [0.29, 0.717) is 22.1 Å². The Morgan fingerprint density at radius 3 is 2.52 bits per heavy atom. The van der Waals surface area contributed by atoms with Gasteiger partial charge in [-0.1, -0.05) is 6.07 Å². The number of anilines is 1. The second-order valence-electron chi connectivity index (χ2n) is 4.93. The number of amides is 1. The van der Waals surface area contributed by atoms with Crippen molar-refractivity contribution in [1.29, 1.82) is 0 Å². The second-order valence-corrected chi connectivity index (χ2v) is 5.98. The largest absolute Gasteiger partial charge is 0.497 e. The minimum Gasteiger partial charge on any atom is -0.497 e. The van der Waals surface area contributed by atoms with Gasteiger partial charge in [0, 0.05) is 11.0 Å². The van der Waals surface area contributed by atoms with Gasteiger partial charge in [-0.15, -0.1) is 11.8 Å². The first kappa shape index (κ1) is 19.0. The minimum atomic E-state index is -4.41. The van der Waals surface area contributed by atoms with Gasteiger partial charge in [0.25, 0.3) is 0 Å². The molecule has 0 aliphatic carbocycles. The van der Waals surface area contributed by atoms with Crippen LogP contribution in [0.15, 0.2) is 47.4 Å². The summed E-state index contributed by atoms with van der Waals surface area (Å²) in [6.45, 7) is 0. The van der Waals surface area contributed by atoms with E-state index in [1.165, 1.54) is 26.4 Å². The van der Waals surface area contributed by atoms with Gasteiger partial charge in [0.1, 0.15) is 11.5 Å². The summed E-state index contributed by atoms with van der Waals surface area (Å²) in [6.07, 6.45) is -4.41. The maximum Gasteiger partial charge on any atom is 0.416 e. The van der Waals surface area contributed by atoms with Crippen LogP contribution in [-0.2, 0) is 11.0 Å². The number of alkyl halides is 3. The van der Waals surface area contributed by atoms with E-state index in [0.717, 1.165) is 23.9 Å². The predicted octanol–water partition coefficient (Wildman–Crippen LogP) is 4.45. The van der Waals surface area contributed by atoms with E-state index in [1.54, 1.807) is 18.2 Å². The number of benzene rings is 2. The van der Waals surface area contributed by atoms with Gasteiger partial charge in [0.05, 0.1) is 31.2 Å². The number of nitrogens with one attached hydrogen (secondary N) is 1. The molecule has 4 nitrogen and oxygen atoms in total. The van der Waals surface area contributed by atoms with Crippen molar-refractivity contribution >= 4 is 23.4 Å². The van der Waals surface area contributed by atoms with Crippen LogP contribution in [0.5, 0.6) is 11.5 Å². The summed E-state index contributed by atoms with van der Waals surface area (Å²) in [5.74, 6) is 0.593. The molecular weight excluding hydrogens is 355 g/mol. The molecule has 1 N–H and O–H groups in total. The molecule has 0 spiro atoms. The first-order valence-electron chi connectivity index (χ1n) is 7.15. The van der Waals surface area contributed by atoms with Crippen LogP contribution >= 0.6 is 11.8 Å². The number of hydrogen-bond acceptors (Lipinski definition) is 4. The van der Waals surface area contributed by atoms with Gasteiger partial charge in [-0.05, 0) is 30.3 Å².